The molecule has 0 bridgehead atoms. The van der Waals surface area contributed by atoms with Crippen molar-refractivity contribution in [1.82, 2.24) is 10.6 Å². The molecule has 0 spiro atoms. The van der Waals surface area contributed by atoms with Gasteiger partial charge < -0.3 is 15.7 Å². The van der Waals surface area contributed by atoms with Crippen LogP contribution in [0.1, 0.15) is 19.4 Å². The van der Waals surface area contributed by atoms with Gasteiger partial charge in [-0.3, -0.25) is 4.99 Å². The Kier molecular flexibility index (Phi) is 3.78. The molecule has 0 saturated carbocycles. The van der Waals surface area contributed by atoms with Gasteiger partial charge in [-0.1, -0.05) is 29.8 Å². The number of hydrogen-bond acceptors (Lipinski definition) is 4. The van der Waals surface area contributed by atoms with E-state index in [4.69, 9.17) is 11.6 Å². The highest BCUT2D eigenvalue weighted by Gasteiger charge is 2.26. The molecule has 1 aromatic rings. The number of rotatable bonds is 3. The number of nitrogens with zero attached hydrogens (tertiary/aromatic N) is 1. The molecule has 5 heteroatoms. The lowest BCUT2D eigenvalue weighted by atomic mass is 9.96. The van der Waals surface area contributed by atoms with Crippen LogP contribution in [0.3, 0.4) is 0 Å². The Bertz CT molecular complexity index is 459. The number of benzene rings is 1. The standard InChI is InChI=1S/C13H18ClN3O/c1-9-7-15-12(17-9)16-8-13(2,18)10-5-3-4-6-11(10)14/h3-6,9,18H,7-8H2,1-2H3,(H2,15,16,17). The zero-order chi connectivity index (χ0) is 13.2. The number of aliphatic imine (C=N–C) groups is 1. The van der Waals surface area contributed by atoms with Gasteiger partial charge in [-0.2, -0.15) is 0 Å². The van der Waals surface area contributed by atoms with E-state index >= 15 is 0 Å². The Labute approximate surface area is 112 Å². The zero-order valence-electron chi connectivity index (χ0n) is 10.6. The summed E-state index contributed by atoms with van der Waals surface area (Å²) in [5, 5.41) is 17.3. The minimum absolute atomic E-state index is 0.345. The van der Waals surface area contributed by atoms with Crippen molar-refractivity contribution in [3.05, 3.63) is 34.9 Å². The maximum atomic E-state index is 10.5. The van der Waals surface area contributed by atoms with Crippen LogP contribution in [-0.4, -0.2) is 30.2 Å². The lowest BCUT2D eigenvalue weighted by molar-refractivity contribution is 0.0618. The second-order valence-electron chi connectivity index (χ2n) is 4.84. The van der Waals surface area contributed by atoms with Gasteiger partial charge in [0.15, 0.2) is 5.96 Å². The van der Waals surface area contributed by atoms with Crippen LogP contribution < -0.4 is 10.6 Å². The van der Waals surface area contributed by atoms with E-state index in [0.29, 0.717) is 23.2 Å². The molecule has 2 rings (SSSR count). The minimum atomic E-state index is -1.03. The van der Waals surface area contributed by atoms with Crippen molar-refractivity contribution >= 4 is 17.6 Å². The molecular formula is C13H18ClN3O. The van der Waals surface area contributed by atoms with Gasteiger partial charge >= 0.3 is 0 Å². The van der Waals surface area contributed by atoms with Gasteiger partial charge in [0.25, 0.3) is 0 Å². The van der Waals surface area contributed by atoms with Crippen LogP contribution in [-0.2, 0) is 5.60 Å². The zero-order valence-corrected chi connectivity index (χ0v) is 11.3. The number of aliphatic hydroxyl groups is 1. The molecule has 1 heterocycles. The van der Waals surface area contributed by atoms with E-state index in [-0.39, 0.29) is 0 Å². The number of halogens is 1. The monoisotopic (exact) mass is 267 g/mol. The van der Waals surface area contributed by atoms with Crippen LogP contribution in [0.2, 0.25) is 5.02 Å². The summed E-state index contributed by atoms with van der Waals surface area (Å²) in [6.07, 6.45) is 0. The fraction of sp³-hybridized carbons (Fsp3) is 0.462. The van der Waals surface area contributed by atoms with Crippen LogP contribution in [0, 0.1) is 0 Å². The molecule has 1 aliphatic rings. The average molecular weight is 268 g/mol. The first-order valence-electron chi connectivity index (χ1n) is 6.01. The van der Waals surface area contributed by atoms with Gasteiger partial charge in [0.2, 0.25) is 0 Å². The Morgan fingerprint density at radius 2 is 2.28 bits per heavy atom. The molecule has 0 aliphatic carbocycles. The highest BCUT2D eigenvalue weighted by molar-refractivity contribution is 6.31. The molecule has 2 unspecified atom stereocenters. The smallest absolute Gasteiger partial charge is 0.191 e. The largest absolute Gasteiger partial charge is 0.384 e. The van der Waals surface area contributed by atoms with Crippen molar-refractivity contribution in [2.24, 2.45) is 4.99 Å². The van der Waals surface area contributed by atoms with E-state index < -0.39 is 5.60 Å². The molecule has 2 atom stereocenters. The summed E-state index contributed by atoms with van der Waals surface area (Å²) >= 11 is 6.09. The summed E-state index contributed by atoms with van der Waals surface area (Å²) in [5.41, 5.74) is -0.320. The molecule has 0 aromatic heterocycles. The summed E-state index contributed by atoms with van der Waals surface area (Å²) in [5.74, 6) is 0.731. The molecule has 0 saturated heterocycles. The fourth-order valence-electron chi connectivity index (χ4n) is 1.91. The van der Waals surface area contributed by atoms with Gasteiger partial charge in [-0.15, -0.1) is 0 Å². The molecule has 0 fully saturated rings. The second-order valence-corrected chi connectivity index (χ2v) is 5.25. The van der Waals surface area contributed by atoms with Crippen LogP contribution in [0.15, 0.2) is 29.3 Å². The van der Waals surface area contributed by atoms with Crippen LogP contribution in [0.25, 0.3) is 0 Å². The van der Waals surface area contributed by atoms with Gasteiger partial charge in [0.1, 0.15) is 5.60 Å². The Morgan fingerprint density at radius 3 is 2.89 bits per heavy atom. The Morgan fingerprint density at radius 1 is 1.56 bits per heavy atom. The quantitative estimate of drug-likeness (QED) is 0.778. The van der Waals surface area contributed by atoms with Crippen molar-refractivity contribution in [2.45, 2.75) is 25.5 Å². The van der Waals surface area contributed by atoms with Gasteiger partial charge in [-0.05, 0) is 19.9 Å². The van der Waals surface area contributed by atoms with E-state index in [1.165, 1.54) is 0 Å². The molecule has 0 radical (unpaired) electrons. The molecule has 0 amide bonds. The SMILES string of the molecule is CC1CN=C(NCC(C)(O)c2ccccc2Cl)N1. The summed E-state index contributed by atoms with van der Waals surface area (Å²) in [6.45, 7) is 4.91. The first-order chi connectivity index (χ1) is 8.49. The van der Waals surface area contributed by atoms with E-state index in [0.717, 1.165) is 12.5 Å². The average Bonchev–Trinajstić information content (AvgIpc) is 2.73. The van der Waals surface area contributed by atoms with E-state index in [1.807, 2.05) is 18.2 Å². The number of guanidine groups is 1. The molecule has 3 N–H and O–H groups in total. The summed E-state index contributed by atoms with van der Waals surface area (Å²) in [4.78, 5) is 4.29. The van der Waals surface area contributed by atoms with E-state index in [1.54, 1.807) is 13.0 Å². The third-order valence-corrected chi connectivity index (χ3v) is 3.29. The van der Waals surface area contributed by atoms with Crippen LogP contribution in [0.5, 0.6) is 0 Å². The lowest BCUT2D eigenvalue weighted by Gasteiger charge is -2.25. The van der Waals surface area contributed by atoms with Crippen LogP contribution in [0.4, 0.5) is 0 Å². The molecule has 18 heavy (non-hydrogen) atoms. The predicted octanol–water partition coefficient (Wildman–Crippen LogP) is 1.48. The van der Waals surface area contributed by atoms with Crippen LogP contribution >= 0.6 is 11.6 Å². The van der Waals surface area contributed by atoms with Crippen molar-refractivity contribution in [3.63, 3.8) is 0 Å². The lowest BCUT2D eigenvalue weighted by Crippen LogP contribution is -2.44. The summed E-state index contributed by atoms with van der Waals surface area (Å²) < 4.78 is 0. The minimum Gasteiger partial charge on any atom is -0.384 e. The first-order valence-corrected chi connectivity index (χ1v) is 6.39. The van der Waals surface area contributed by atoms with Gasteiger partial charge in [0.05, 0.1) is 13.1 Å². The normalized spacial score (nSPS) is 22.0. The Hall–Kier alpha value is -1.26. The molecular weight excluding hydrogens is 250 g/mol. The molecule has 4 nitrogen and oxygen atoms in total. The predicted molar refractivity (Wildman–Crippen MR) is 73.9 cm³/mol. The third kappa shape index (κ3) is 2.94. The summed E-state index contributed by atoms with van der Waals surface area (Å²) in [7, 11) is 0. The third-order valence-electron chi connectivity index (χ3n) is 2.96. The first kappa shape index (κ1) is 13.2. The van der Waals surface area contributed by atoms with E-state index in [9.17, 15) is 5.11 Å². The van der Waals surface area contributed by atoms with Crippen molar-refractivity contribution in [2.75, 3.05) is 13.1 Å². The maximum absolute atomic E-state index is 10.5. The molecule has 1 aliphatic heterocycles. The van der Waals surface area contributed by atoms with Gasteiger partial charge in [0, 0.05) is 16.6 Å². The van der Waals surface area contributed by atoms with Crippen molar-refractivity contribution < 1.29 is 5.11 Å². The number of hydrogen-bond donors (Lipinski definition) is 3. The highest BCUT2D eigenvalue weighted by Crippen LogP contribution is 2.27. The number of nitrogens with one attached hydrogen (secondary N) is 2. The molecule has 98 valence electrons. The second kappa shape index (κ2) is 5.16. The van der Waals surface area contributed by atoms with Crippen molar-refractivity contribution in [1.29, 1.82) is 0 Å². The Balaban J connectivity index is 2.02. The topological polar surface area (TPSA) is 56.7 Å². The highest BCUT2D eigenvalue weighted by atomic mass is 35.5. The summed E-state index contributed by atoms with van der Waals surface area (Å²) in [6, 6.07) is 7.66. The maximum Gasteiger partial charge on any atom is 0.191 e. The fourth-order valence-corrected chi connectivity index (χ4v) is 2.25. The van der Waals surface area contributed by atoms with Gasteiger partial charge in [-0.25, -0.2) is 0 Å². The van der Waals surface area contributed by atoms with Crippen molar-refractivity contribution in [3.8, 4) is 0 Å². The van der Waals surface area contributed by atoms with E-state index in [2.05, 4.69) is 22.5 Å². The molecule has 1 aromatic carbocycles.